The van der Waals surface area contributed by atoms with Gasteiger partial charge in [0.25, 0.3) is 5.56 Å². The van der Waals surface area contributed by atoms with Gasteiger partial charge in [-0.1, -0.05) is 12.1 Å². The SMILES string of the molecule is COc1cccc(-c2c3c([nH]c(=O)c2C#N)CCC3)c1. The van der Waals surface area contributed by atoms with Crippen molar-refractivity contribution in [2.45, 2.75) is 19.3 Å². The molecule has 0 saturated heterocycles. The molecule has 0 aliphatic heterocycles. The minimum Gasteiger partial charge on any atom is -0.497 e. The van der Waals surface area contributed by atoms with Gasteiger partial charge >= 0.3 is 0 Å². The maximum atomic E-state index is 12.0. The minimum absolute atomic E-state index is 0.193. The zero-order valence-corrected chi connectivity index (χ0v) is 11.2. The Morgan fingerprint density at radius 3 is 2.95 bits per heavy atom. The van der Waals surface area contributed by atoms with Crippen LogP contribution in [-0.4, -0.2) is 12.1 Å². The zero-order chi connectivity index (χ0) is 14.1. The third-order valence-corrected chi connectivity index (χ3v) is 3.73. The molecule has 1 aliphatic rings. The molecule has 1 heterocycles. The first-order chi connectivity index (χ1) is 9.74. The highest BCUT2D eigenvalue weighted by atomic mass is 16.5. The predicted molar refractivity (Wildman–Crippen MR) is 75.8 cm³/mol. The van der Waals surface area contributed by atoms with Crippen LogP contribution in [0.4, 0.5) is 0 Å². The van der Waals surface area contributed by atoms with Gasteiger partial charge in [0.2, 0.25) is 0 Å². The summed E-state index contributed by atoms with van der Waals surface area (Å²) in [6.45, 7) is 0. The van der Waals surface area contributed by atoms with Crippen LogP contribution in [-0.2, 0) is 12.8 Å². The van der Waals surface area contributed by atoms with Crippen LogP contribution < -0.4 is 10.3 Å². The zero-order valence-electron chi connectivity index (χ0n) is 11.2. The Labute approximate surface area is 116 Å². The van der Waals surface area contributed by atoms with Gasteiger partial charge in [0.15, 0.2) is 0 Å². The molecule has 0 spiro atoms. The quantitative estimate of drug-likeness (QED) is 0.907. The van der Waals surface area contributed by atoms with E-state index in [9.17, 15) is 10.1 Å². The number of aromatic amines is 1. The van der Waals surface area contributed by atoms with E-state index in [1.165, 1.54) is 0 Å². The molecule has 1 aliphatic carbocycles. The van der Waals surface area contributed by atoms with Gasteiger partial charge in [0.1, 0.15) is 17.4 Å². The molecule has 2 aromatic rings. The highest BCUT2D eigenvalue weighted by Gasteiger charge is 2.22. The van der Waals surface area contributed by atoms with Crippen molar-refractivity contribution in [2.75, 3.05) is 7.11 Å². The third-order valence-electron chi connectivity index (χ3n) is 3.73. The van der Waals surface area contributed by atoms with Gasteiger partial charge in [0.05, 0.1) is 7.11 Å². The Hall–Kier alpha value is -2.54. The van der Waals surface area contributed by atoms with E-state index in [1.54, 1.807) is 7.11 Å². The summed E-state index contributed by atoms with van der Waals surface area (Å²) in [5.41, 5.74) is 3.58. The van der Waals surface area contributed by atoms with Gasteiger partial charge in [-0.2, -0.15) is 5.26 Å². The Kier molecular flexibility index (Phi) is 3.03. The number of methoxy groups -OCH3 is 1. The van der Waals surface area contributed by atoms with Crippen LogP contribution in [0.15, 0.2) is 29.1 Å². The predicted octanol–water partition coefficient (Wildman–Crippen LogP) is 2.41. The summed E-state index contributed by atoms with van der Waals surface area (Å²) < 4.78 is 5.23. The molecule has 0 unspecified atom stereocenters. The molecule has 1 aromatic heterocycles. The largest absolute Gasteiger partial charge is 0.497 e. The van der Waals surface area contributed by atoms with E-state index in [0.29, 0.717) is 0 Å². The first kappa shape index (κ1) is 12.5. The second-order valence-electron chi connectivity index (χ2n) is 4.86. The van der Waals surface area contributed by atoms with E-state index in [-0.39, 0.29) is 11.1 Å². The number of aryl methyl sites for hydroxylation is 1. The van der Waals surface area contributed by atoms with E-state index < -0.39 is 0 Å². The number of rotatable bonds is 2. The normalized spacial score (nSPS) is 12.8. The minimum atomic E-state index is -0.300. The monoisotopic (exact) mass is 266 g/mol. The fourth-order valence-corrected chi connectivity index (χ4v) is 2.83. The van der Waals surface area contributed by atoms with Crippen molar-refractivity contribution < 1.29 is 4.74 Å². The van der Waals surface area contributed by atoms with Crippen LogP contribution >= 0.6 is 0 Å². The van der Waals surface area contributed by atoms with E-state index in [0.717, 1.165) is 47.4 Å². The lowest BCUT2D eigenvalue weighted by Gasteiger charge is -2.11. The maximum absolute atomic E-state index is 12.0. The summed E-state index contributed by atoms with van der Waals surface area (Å²) in [4.78, 5) is 14.9. The second-order valence-corrected chi connectivity index (χ2v) is 4.86. The van der Waals surface area contributed by atoms with Crippen LogP contribution in [0.2, 0.25) is 0 Å². The number of nitrogens with one attached hydrogen (secondary N) is 1. The van der Waals surface area contributed by atoms with Crippen LogP contribution in [0.1, 0.15) is 23.2 Å². The molecule has 1 aromatic carbocycles. The Morgan fingerprint density at radius 2 is 2.20 bits per heavy atom. The molecular formula is C16H14N2O2. The van der Waals surface area contributed by atoms with Crippen molar-refractivity contribution in [1.29, 1.82) is 5.26 Å². The standard InChI is InChI=1S/C16H14N2O2/c1-20-11-5-2-4-10(8-11)15-12-6-3-7-14(12)18-16(19)13(15)9-17/h2,4-5,8H,3,6-7H2,1H3,(H,18,19). The fraction of sp³-hybridized carbons (Fsp3) is 0.250. The molecule has 0 saturated carbocycles. The maximum Gasteiger partial charge on any atom is 0.266 e. The smallest absolute Gasteiger partial charge is 0.266 e. The molecule has 100 valence electrons. The average molecular weight is 266 g/mol. The Bertz CT molecular complexity index is 769. The van der Waals surface area contributed by atoms with Crippen molar-refractivity contribution in [3.05, 3.63) is 51.4 Å². The van der Waals surface area contributed by atoms with Crippen molar-refractivity contribution in [2.24, 2.45) is 0 Å². The lowest BCUT2D eigenvalue weighted by atomic mass is 9.95. The highest BCUT2D eigenvalue weighted by Crippen LogP contribution is 2.33. The van der Waals surface area contributed by atoms with E-state index in [4.69, 9.17) is 4.74 Å². The Morgan fingerprint density at radius 1 is 1.35 bits per heavy atom. The van der Waals surface area contributed by atoms with E-state index >= 15 is 0 Å². The average Bonchev–Trinajstić information content (AvgIpc) is 2.93. The summed E-state index contributed by atoms with van der Waals surface area (Å²) >= 11 is 0. The van der Waals surface area contributed by atoms with Crippen LogP contribution in [0.25, 0.3) is 11.1 Å². The number of hydrogen-bond donors (Lipinski definition) is 1. The number of ether oxygens (including phenoxy) is 1. The third kappa shape index (κ3) is 1.88. The molecular weight excluding hydrogens is 252 g/mol. The van der Waals surface area contributed by atoms with Crippen LogP contribution in [0.3, 0.4) is 0 Å². The molecule has 0 bridgehead atoms. The topological polar surface area (TPSA) is 65.9 Å². The summed E-state index contributed by atoms with van der Waals surface area (Å²) in [5.74, 6) is 0.721. The first-order valence-corrected chi connectivity index (χ1v) is 6.57. The highest BCUT2D eigenvalue weighted by molar-refractivity contribution is 5.75. The second kappa shape index (κ2) is 4.86. The number of nitriles is 1. The van der Waals surface area contributed by atoms with Gasteiger partial charge in [0, 0.05) is 11.3 Å². The van der Waals surface area contributed by atoms with Crippen LogP contribution in [0, 0.1) is 11.3 Å². The van der Waals surface area contributed by atoms with Crippen molar-refractivity contribution in [3.63, 3.8) is 0 Å². The molecule has 20 heavy (non-hydrogen) atoms. The summed E-state index contributed by atoms with van der Waals surface area (Å²) in [7, 11) is 1.60. The molecule has 4 nitrogen and oxygen atoms in total. The summed E-state index contributed by atoms with van der Waals surface area (Å²) in [6, 6.07) is 9.55. The van der Waals surface area contributed by atoms with E-state index in [2.05, 4.69) is 4.98 Å². The molecule has 0 atom stereocenters. The molecule has 0 fully saturated rings. The first-order valence-electron chi connectivity index (χ1n) is 6.57. The van der Waals surface area contributed by atoms with Gasteiger partial charge in [-0.3, -0.25) is 4.79 Å². The number of H-pyrrole nitrogens is 1. The number of nitrogens with zero attached hydrogens (tertiary/aromatic N) is 1. The van der Waals surface area contributed by atoms with Crippen molar-refractivity contribution >= 4 is 0 Å². The lowest BCUT2D eigenvalue weighted by Crippen LogP contribution is -2.15. The van der Waals surface area contributed by atoms with Crippen LogP contribution in [0.5, 0.6) is 5.75 Å². The summed E-state index contributed by atoms with van der Waals surface area (Å²) in [6.07, 6.45) is 2.78. The van der Waals surface area contributed by atoms with Gasteiger partial charge in [-0.25, -0.2) is 0 Å². The van der Waals surface area contributed by atoms with Gasteiger partial charge in [-0.15, -0.1) is 0 Å². The molecule has 0 radical (unpaired) electrons. The van der Waals surface area contributed by atoms with Gasteiger partial charge < -0.3 is 9.72 Å². The van der Waals surface area contributed by atoms with Crippen molar-refractivity contribution in [3.8, 4) is 22.9 Å². The molecule has 1 N–H and O–H groups in total. The molecule has 4 heteroatoms. The summed E-state index contributed by atoms with van der Waals surface area (Å²) in [5, 5.41) is 9.32. The fourth-order valence-electron chi connectivity index (χ4n) is 2.83. The molecule has 3 rings (SSSR count). The number of hydrogen-bond acceptors (Lipinski definition) is 3. The van der Waals surface area contributed by atoms with E-state index in [1.807, 2.05) is 30.3 Å². The van der Waals surface area contributed by atoms with Gasteiger partial charge in [-0.05, 0) is 42.5 Å². The number of benzene rings is 1. The van der Waals surface area contributed by atoms with Crippen molar-refractivity contribution in [1.82, 2.24) is 4.98 Å². The molecule has 0 amide bonds. The number of pyridine rings is 1. The number of aromatic nitrogens is 1. The Balaban J connectivity index is 2.32. The lowest BCUT2D eigenvalue weighted by molar-refractivity contribution is 0.415. The number of fused-ring (bicyclic) bond motifs is 1.